The van der Waals surface area contributed by atoms with Crippen molar-refractivity contribution < 1.29 is 40.4 Å². The Bertz CT molecular complexity index is 1630. The normalized spacial score (nSPS) is 17.7. The first-order chi connectivity index (χ1) is 20.5. The van der Waals surface area contributed by atoms with Crippen LogP contribution >= 0.6 is 0 Å². The Hall–Kier alpha value is -3.69. The molecule has 3 aromatic rings. The maximum absolute atomic E-state index is 14.1. The monoisotopic (exact) mass is 637 g/mol. The van der Waals surface area contributed by atoms with Crippen molar-refractivity contribution in [3.8, 4) is 22.9 Å². The number of benzene rings is 2. The first kappa shape index (κ1) is 31.7. The first-order valence-electron chi connectivity index (χ1n) is 14.0. The van der Waals surface area contributed by atoms with Gasteiger partial charge in [0.15, 0.2) is 9.84 Å². The summed E-state index contributed by atoms with van der Waals surface area (Å²) >= 11 is 0. The molecule has 15 heteroatoms. The Balaban J connectivity index is 1.26. The second kappa shape index (κ2) is 11.7. The van der Waals surface area contributed by atoms with Crippen LogP contribution in [0, 0.1) is 0 Å². The Morgan fingerprint density at radius 2 is 1.80 bits per heavy atom. The molecule has 2 aromatic carbocycles. The standard InChI is InChI=1S/C29H34F3N5O6S/c1-27(2,3)42-26(38)37-13-11-28(12-14-37)17-36(18-33-28)16-24-34-25(35-43-24)19-9-10-21(20(15-19)29(30,31)32)41-22-7-5-6-8-23(22)44(4,39)40/h5-10,15,33H,11-14,16-18H2,1-4H3. The summed E-state index contributed by atoms with van der Waals surface area (Å²) in [5, 5.41) is 7.43. The molecule has 1 spiro atoms. The molecular weight excluding hydrogens is 603 g/mol. The van der Waals surface area contributed by atoms with Gasteiger partial charge in [-0.25, -0.2) is 13.2 Å². The van der Waals surface area contributed by atoms with E-state index in [2.05, 4.69) is 20.4 Å². The number of nitrogens with zero attached hydrogens (tertiary/aromatic N) is 4. The van der Waals surface area contributed by atoms with E-state index < -0.39 is 32.9 Å². The number of alkyl halides is 3. The number of carbonyl (C=O) groups excluding carboxylic acids is 1. The quantitative estimate of drug-likeness (QED) is 0.391. The zero-order valence-corrected chi connectivity index (χ0v) is 25.6. The molecule has 0 bridgehead atoms. The fourth-order valence-corrected chi connectivity index (χ4v) is 6.08. The maximum atomic E-state index is 14.1. The minimum absolute atomic E-state index is 0.0267. The van der Waals surface area contributed by atoms with Crippen molar-refractivity contribution in [1.29, 1.82) is 0 Å². The number of carbonyl (C=O) groups is 1. The molecule has 1 amide bonds. The van der Waals surface area contributed by atoms with E-state index in [1.807, 2.05) is 20.8 Å². The van der Waals surface area contributed by atoms with Gasteiger partial charge in [0.2, 0.25) is 11.7 Å². The number of piperidine rings is 1. The van der Waals surface area contributed by atoms with Crippen molar-refractivity contribution in [1.82, 2.24) is 25.3 Å². The SMILES string of the molecule is CC(C)(C)OC(=O)N1CCC2(CC1)CN(Cc1nc(-c3ccc(Oc4ccccc4S(C)(=O)=O)c(C(F)(F)F)c3)no1)CN2. The number of sulfone groups is 1. The molecule has 1 N–H and O–H groups in total. The van der Waals surface area contributed by atoms with E-state index >= 15 is 0 Å². The fourth-order valence-electron chi connectivity index (χ4n) is 5.28. The molecule has 5 rings (SSSR count). The number of para-hydroxylation sites is 1. The van der Waals surface area contributed by atoms with Crippen LogP contribution in [0.2, 0.25) is 0 Å². The lowest BCUT2D eigenvalue weighted by Gasteiger charge is -2.39. The molecule has 0 saturated carbocycles. The zero-order chi connectivity index (χ0) is 31.9. The number of likely N-dealkylation sites (tertiary alicyclic amines) is 1. The van der Waals surface area contributed by atoms with Gasteiger partial charge in [0.05, 0.1) is 12.1 Å². The molecule has 3 heterocycles. The van der Waals surface area contributed by atoms with Gasteiger partial charge in [-0.1, -0.05) is 17.3 Å². The van der Waals surface area contributed by atoms with Gasteiger partial charge in [0, 0.05) is 43.7 Å². The molecule has 11 nitrogen and oxygen atoms in total. The first-order valence-corrected chi connectivity index (χ1v) is 15.9. The summed E-state index contributed by atoms with van der Waals surface area (Å²) in [6, 6.07) is 8.78. The third-order valence-corrected chi connectivity index (χ3v) is 8.55. The molecule has 2 aliphatic heterocycles. The fraction of sp³-hybridized carbons (Fsp3) is 0.483. The molecule has 2 aliphatic rings. The highest BCUT2D eigenvalue weighted by Gasteiger charge is 2.42. The average molecular weight is 638 g/mol. The van der Waals surface area contributed by atoms with Crippen LogP contribution in [0.25, 0.3) is 11.4 Å². The Morgan fingerprint density at radius 3 is 2.45 bits per heavy atom. The number of amides is 1. The highest BCUT2D eigenvalue weighted by Crippen LogP contribution is 2.41. The van der Waals surface area contributed by atoms with Gasteiger partial charge < -0.3 is 18.9 Å². The molecule has 0 atom stereocenters. The Kier molecular flexibility index (Phi) is 8.42. The van der Waals surface area contributed by atoms with E-state index in [4.69, 9.17) is 14.0 Å². The van der Waals surface area contributed by atoms with Crippen LogP contribution < -0.4 is 10.1 Å². The molecule has 2 fully saturated rings. The van der Waals surface area contributed by atoms with Crippen LogP contribution in [-0.4, -0.2) is 78.2 Å². The number of hydrogen-bond acceptors (Lipinski definition) is 10. The number of halogens is 3. The topological polar surface area (TPSA) is 127 Å². The van der Waals surface area contributed by atoms with Crippen LogP contribution in [0.3, 0.4) is 0 Å². The smallest absolute Gasteiger partial charge is 0.420 e. The number of nitrogens with one attached hydrogen (secondary N) is 1. The molecule has 44 heavy (non-hydrogen) atoms. The summed E-state index contributed by atoms with van der Waals surface area (Å²) in [5.74, 6) is -0.572. The molecule has 0 unspecified atom stereocenters. The average Bonchev–Trinajstić information content (AvgIpc) is 3.55. The summed E-state index contributed by atoms with van der Waals surface area (Å²) in [6.07, 6.45) is -2.72. The lowest BCUT2D eigenvalue weighted by molar-refractivity contribution is -0.138. The van der Waals surface area contributed by atoms with Crippen LogP contribution in [0.1, 0.15) is 45.1 Å². The maximum Gasteiger partial charge on any atom is 0.420 e. The molecule has 2 saturated heterocycles. The minimum Gasteiger partial charge on any atom is -0.455 e. The van der Waals surface area contributed by atoms with Crippen molar-refractivity contribution in [2.45, 2.75) is 62.4 Å². The minimum atomic E-state index is -4.81. The highest BCUT2D eigenvalue weighted by atomic mass is 32.2. The predicted molar refractivity (Wildman–Crippen MR) is 153 cm³/mol. The van der Waals surface area contributed by atoms with E-state index in [9.17, 15) is 26.4 Å². The van der Waals surface area contributed by atoms with Gasteiger partial charge in [-0.2, -0.15) is 18.2 Å². The summed E-state index contributed by atoms with van der Waals surface area (Å²) < 4.78 is 82.7. The van der Waals surface area contributed by atoms with Gasteiger partial charge in [-0.05, 0) is 63.9 Å². The van der Waals surface area contributed by atoms with Gasteiger partial charge in [0.25, 0.3) is 0 Å². The largest absolute Gasteiger partial charge is 0.455 e. The van der Waals surface area contributed by atoms with E-state index in [1.54, 1.807) is 4.90 Å². The molecule has 0 radical (unpaired) electrons. The van der Waals surface area contributed by atoms with Crippen molar-refractivity contribution in [2.24, 2.45) is 0 Å². The third-order valence-electron chi connectivity index (χ3n) is 7.41. The zero-order valence-electron chi connectivity index (χ0n) is 24.8. The van der Waals surface area contributed by atoms with E-state index in [1.165, 1.54) is 30.3 Å². The van der Waals surface area contributed by atoms with Crippen LogP contribution in [0.5, 0.6) is 11.5 Å². The Labute approximate surface area is 253 Å². The molecule has 238 valence electrons. The van der Waals surface area contributed by atoms with E-state index in [0.29, 0.717) is 26.3 Å². The highest BCUT2D eigenvalue weighted by molar-refractivity contribution is 7.90. The third kappa shape index (κ3) is 7.33. The number of rotatable bonds is 6. The van der Waals surface area contributed by atoms with Gasteiger partial charge >= 0.3 is 12.3 Å². The summed E-state index contributed by atoms with van der Waals surface area (Å²) in [4.78, 5) is 20.3. The van der Waals surface area contributed by atoms with Gasteiger partial charge in [0.1, 0.15) is 22.0 Å². The van der Waals surface area contributed by atoms with E-state index in [0.717, 1.165) is 31.2 Å². The predicted octanol–water partition coefficient (Wildman–Crippen LogP) is 5.08. The van der Waals surface area contributed by atoms with Crippen LogP contribution in [0.15, 0.2) is 51.9 Å². The summed E-state index contributed by atoms with van der Waals surface area (Å²) in [6.45, 7) is 8.11. The summed E-state index contributed by atoms with van der Waals surface area (Å²) in [5.41, 5.74) is -1.81. The van der Waals surface area contributed by atoms with Crippen LogP contribution in [0.4, 0.5) is 18.0 Å². The molecular formula is C29H34F3N5O6S. The number of hydrogen-bond donors (Lipinski definition) is 1. The van der Waals surface area contributed by atoms with Gasteiger partial charge in [-0.3, -0.25) is 10.2 Å². The lowest BCUT2D eigenvalue weighted by atomic mass is 9.88. The second-order valence-electron chi connectivity index (χ2n) is 12.1. The molecule has 0 aliphatic carbocycles. The van der Waals surface area contributed by atoms with Crippen molar-refractivity contribution in [2.75, 3.05) is 32.6 Å². The van der Waals surface area contributed by atoms with Crippen molar-refractivity contribution in [3.05, 3.63) is 53.9 Å². The van der Waals surface area contributed by atoms with Crippen molar-refractivity contribution >= 4 is 15.9 Å². The van der Waals surface area contributed by atoms with Crippen molar-refractivity contribution in [3.63, 3.8) is 0 Å². The van der Waals surface area contributed by atoms with Crippen LogP contribution in [-0.2, 0) is 27.3 Å². The number of ether oxygens (including phenoxy) is 2. The second-order valence-corrected chi connectivity index (χ2v) is 14.1. The lowest BCUT2D eigenvalue weighted by Crippen LogP contribution is -2.53. The molecule has 1 aromatic heterocycles. The Morgan fingerprint density at radius 1 is 1.09 bits per heavy atom. The number of aromatic nitrogens is 2. The summed E-state index contributed by atoms with van der Waals surface area (Å²) in [7, 11) is -3.75. The van der Waals surface area contributed by atoms with Gasteiger partial charge in [-0.15, -0.1) is 0 Å². The van der Waals surface area contributed by atoms with E-state index in [-0.39, 0.29) is 46.1 Å².